The molecule has 6 rings (SSSR count). The highest BCUT2D eigenvalue weighted by molar-refractivity contribution is 5.71. The zero-order valence-corrected chi connectivity index (χ0v) is 25.6. The van der Waals surface area contributed by atoms with E-state index in [1.165, 1.54) is 6.07 Å². The van der Waals surface area contributed by atoms with Crippen LogP contribution in [0.15, 0.2) is 66.8 Å². The van der Waals surface area contributed by atoms with Gasteiger partial charge in [-0.3, -0.25) is 15.0 Å². The summed E-state index contributed by atoms with van der Waals surface area (Å²) in [5, 5.41) is 27.4. The number of likely N-dealkylation sites (N-methyl/N-ethyl adjacent to an activating group) is 1. The first-order valence-corrected chi connectivity index (χ1v) is 15.0. The third-order valence-corrected chi connectivity index (χ3v) is 10.3. The molecular formula is C33H40N4O7. The van der Waals surface area contributed by atoms with Crippen LogP contribution in [0.2, 0.25) is 0 Å². The van der Waals surface area contributed by atoms with E-state index in [-0.39, 0.29) is 30.4 Å². The summed E-state index contributed by atoms with van der Waals surface area (Å²) in [6, 6.07) is 11.9. The van der Waals surface area contributed by atoms with Crippen LogP contribution in [0.25, 0.3) is 0 Å². The Morgan fingerprint density at radius 2 is 2.02 bits per heavy atom. The summed E-state index contributed by atoms with van der Waals surface area (Å²) in [7, 11) is 5.26. The molecule has 1 amide bonds. The number of benzene rings is 2. The molecule has 234 valence electrons. The molecule has 1 aliphatic carbocycles. The number of nitro benzene ring substituents is 1. The number of anilines is 1. The van der Waals surface area contributed by atoms with Crippen molar-refractivity contribution in [3.05, 3.63) is 88.0 Å². The minimum Gasteiger partial charge on any atom is -0.497 e. The Morgan fingerprint density at radius 1 is 1.23 bits per heavy atom. The van der Waals surface area contributed by atoms with Crippen molar-refractivity contribution in [3.63, 3.8) is 0 Å². The summed E-state index contributed by atoms with van der Waals surface area (Å²) < 4.78 is 17.4. The van der Waals surface area contributed by atoms with Gasteiger partial charge in [0.05, 0.1) is 30.2 Å². The molecule has 2 aromatic carbocycles. The van der Waals surface area contributed by atoms with Gasteiger partial charge in [0.25, 0.3) is 5.69 Å². The van der Waals surface area contributed by atoms with Crippen molar-refractivity contribution < 1.29 is 29.0 Å². The number of rotatable bonds is 9. The molecule has 1 saturated carbocycles. The second-order valence-corrected chi connectivity index (χ2v) is 12.3. The number of nitrogens with zero attached hydrogens (tertiary/aromatic N) is 3. The fourth-order valence-electron chi connectivity index (χ4n) is 9.02. The van der Waals surface area contributed by atoms with Crippen LogP contribution in [0.4, 0.5) is 16.2 Å². The number of carbonyl (C=O) groups excluding carboxylic acids is 1. The van der Waals surface area contributed by atoms with Crippen molar-refractivity contribution in [3.8, 4) is 5.75 Å². The Kier molecular flexibility index (Phi) is 7.67. The molecule has 44 heavy (non-hydrogen) atoms. The number of allylic oxidation sites excluding steroid dienone is 2. The van der Waals surface area contributed by atoms with Gasteiger partial charge in [-0.1, -0.05) is 42.5 Å². The number of hydrogen-bond donors (Lipinski definition) is 2. The van der Waals surface area contributed by atoms with Crippen molar-refractivity contribution in [2.75, 3.05) is 45.8 Å². The summed E-state index contributed by atoms with van der Waals surface area (Å²) in [4.78, 5) is 28.7. The predicted octanol–water partition coefficient (Wildman–Crippen LogP) is 3.94. The monoisotopic (exact) mass is 604 g/mol. The number of aliphatic hydroxyl groups is 1. The van der Waals surface area contributed by atoms with Gasteiger partial charge in [0.15, 0.2) is 0 Å². The maximum atomic E-state index is 13.1. The number of carbonyl (C=O) groups is 1. The normalized spacial score (nSPS) is 31.8. The van der Waals surface area contributed by atoms with Crippen molar-refractivity contribution in [1.82, 2.24) is 10.2 Å². The van der Waals surface area contributed by atoms with Crippen LogP contribution in [-0.4, -0.2) is 85.7 Å². The van der Waals surface area contributed by atoms with Gasteiger partial charge in [-0.15, -0.1) is 0 Å². The maximum Gasteiger partial charge on any atom is 0.407 e. The minimum absolute atomic E-state index is 0.0362. The summed E-state index contributed by atoms with van der Waals surface area (Å²) >= 11 is 0. The average Bonchev–Trinajstić information content (AvgIpc) is 3.54. The van der Waals surface area contributed by atoms with Crippen molar-refractivity contribution >= 4 is 17.5 Å². The molecule has 4 aliphatic rings. The molecule has 6 atom stereocenters. The van der Waals surface area contributed by atoms with Crippen LogP contribution < -0.4 is 15.0 Å². The summed E-state index contributed by atoms with van der Waals surface area (Å²) in [6.45, 7) is 3.24. The first-order valence-electron chi connectivity index (χ1n) is 15.0. The second-order valence-electron chi connectivity index (χ2n) is 12.3. The van der Waals surface area contributed by atoms with Crippen molar-refractivity contribution in [1.29, 1.82) is 0 Å². The van der Waals surface area contributed by atoms with Crippen LogP contribution in [0, 0.1) is 15.5 Å². The Labute approximate surface area is 257 Å². The second kappa shape index (κ2) is 11.2. The van der Waals surface area contributed by atoms with Crippen LogP contribution in [0.3, 0.4) is 0 Å². The molecule has 0 aromatic heterocycles. The lowest BCUT2D eigenvalue weighted by Gasteiger charge is -2.65. The zero-order valence-electron chi connectivity index (χ0n) is 25.6. The third-order valence-electron chi connectivity index (χ3n) is 10.3. The summed E-state index contributed by atoms with van der Waals surface area (Å²) in [6.07, 6.45) is 8.56. The topological polar surface area (TPSA) is 127 Å². The van der Waals surface area contributed by atoms with Crippen LogP contribution in [-0.2, 0) is 21.5 Å². The Hall–Kier alpha value is -3.93. The number of para-hydroxylation sites is 1. The van der Waals surface area contributed by atoms with E-state index >= 15 is 0 Å². The van der Waals surface area contributed by atoms with E-state index in [2.05, 4.69) is 39.4 Å². The van der Waals surface area contributed by atoms with Crippen LogP contribution in [0.5, 0.6) is 5.75 Å². The standard InChI is InChI=1S/C33H40N4O7/c1-5-6-14-31-15-9-17-36-18-16-32(27(31)36)24-13-12-23(42-3)19-26(24)35(2)28(32)33(39,29(31)43-4)21-34-30(38)44-20-22-10-7-8-11-25(22)37(40)41/h5-13,15,19,27-29,39H,14,16-18,20-21H2,1-4H3,(H,34,38)/b6-5+/t27-,28+,29+,31?,32+,33?/m0/s1. The molecule has 2 aromatic rings. The quantitative estimate of drug-likeness (QED) is 0.249. The molecule has 1 saturated heterocycles. The lowest BCUT2D eigenvalue weighted by atomic mass is 9.47. The van der Waals surface area contributed by atoms with E-state index in [1.807, 2.05) is 32.2 Å². The molecule has 2 unspecified atom stereocenters. The van der Waals surface area contributed by atoms with E-state index in [4.69, 9.17) is 14.2 Å². The first kappa shape index (κ1) is 30.1. The highest BCUT2D eigenvalue weighted by Gasteiger charge is 2.77. The highest BCUT2D eigenvalue weighted by atomic mass is 16.6. The van der Waals surface area contributed by atoms with Gasteiger partial charge >= 0.3 is 6.09 Å². The number of methoxy groups -OCH3 is 2. The van der Waals surface area contributed by atoms with Crippen molar-refractivity contribution in [2.24, 2.45) is 5.41 Å². The van der Waals surface area contributed by atoms with Gasteiger partial charge in [-0.05, 0) is 44.0 Å². The summed E-state index contributed by atoms with van der Waals surface area (Å²) in [5.74, 6) is 0.729. The number of hydrogen-bond acceptors (Lipinski definition) is 9. The number of nitrogens with one attached hydrogen (secondary N) is 1. The minimum atomic E-state index is -1.57. The number of alkyl carbamates (subject to hydrolysis) is 1. The van der Waals surface area contributed by atoms with E-state index in [0.29, 0.717) is 6.42 Å². The Bertz CT molecular complexity index is 1510. The predicted molar refractivity (Wildman–Crippen MR) is 165 cm³/mol. The lowest BCUT2D eigenvalue weighted by molar-refractivity contribution is -0.385. The van der Waals surface area contributed by atoms with Crippen LogP contribution in [0.1, 0.15) is 30.9 Å². The van der Waals surface area contributed by atoms with E-state index < -0.39 is 39.6 Å². The summed E-state index contributed by atoms with van der Waals surface area (Å²) in [5.41, 5.74) is -0.332. The molecule has 0 radical (unpaired) electrons. The maximum absolute atomic E-state index is 13.1. The lowest BCUT2D eigenvalue weighted by Crippen LogP contribution is -2.80. The van der Waals surface area contributed by atoms with Gasteiger partial charge in [0, 0.05) is 55.4 Å². The van der Waals surface area contributed by atoms with Gasteiger partial charge in [0.1, 0.15) is 24.1 Å². The first-order chi connectivity index (χ1) is 21.2. The number of amides is 1. The smallest absolute Gasteiger partial charge is 0.407 e. The number of nitro groups is 1. The molecule has 3 heterocycles. The molecule has 2 fully saturated rings. The third kappa shape index (κ3) is 4.24. The van der Waals surface area contributed by atoms with Gasteiger partial charge in [0.2, 0.25) is 0 Å². The number of fused-ring (bicyclic) bond motifs is 1. The van der Waals surface area contributed by atoms with Crippen LogP contribution >= 0.6 is 0 Å². The molecule has 2 N–H and O–H groups in total. The van der Waals surface area contributed by atoms with E-state index in [1.54, 1.807) is 32.4 Å². The van der Waals surface area contributed by atoms with Gasteiger partial charge in [-0.2, -0.15) is 0 Å². The van der Waals surface area contributed by atoms with Crippen molar-refractivity contribution in [2.45, 2.75) is 55.6 Å². The van der Waals surface area contributed by atoms with E-state index in [9.17, 15) is 20.0 Å². The molecule has 0 bridgehead atoms. The van der Waals surface area contributed by atoms with E-state index in [0.717, 1.165) is 36.5 Å². The Balaban J connectivity index is 1.40. The SMILES string of the molecule is C/C=C/CC12C=CCN3CC[C@@]4(c5ccc(OC)cc5N(C)[C@H]4C(O)(CNC(=O)OCc4ccccc4[N+](=O)[O-])[C@@H]1OC)[C@@H]32. The fraction of sp³-hybridized carbons (Fsp3) is 0.485. The fourth-order valence-corrected chi connectivity index (χ4v) is 9.02. The molecule has 3 aliphatic heterocycles. The molecule has 1 spiro atoms. The molecule has 11 nitrogen and oxygen atoms in total. The zero-order chi connectivity index (χ0) is 31.3. The molecule has 11 heteroatoms. The average molecular weight is 605 g/mol. The van der Waals surface area contributed by atoms with Gasteiger partial charge in [-0.25, -0.2) is 4.79 Å². The highest BCUT2D eigenvalue weighted by Crippen LogP contribution is 2.67. The number of ether oxygens (including phenoxy) is 3. The molecular weight excluding hydrogens is 564 g/mol. The Morgan fingerprint density at radius 3 is 2.75 bits per heavy atom. The van der Waals surface area contributed by atoms with Gasteiger partial charge < -0.3 is 29.5 Å². The largest absolute Gasteiger partial charge is 0.497 e.